The number of fused-ring (bicyclic) bond motifs is 2. The smallest absolute Gasteiger partial charge is 0.337 e. The molecule has 4 nitrogen and oxygen atoms in total. The average Bonchev–Trinajstić information content (AvgIpc) is 2.43. The largest absolute Gasteiger partial charge is 0.478 e. The van der Waals surface area contributed by atoms with E-state index < -0.39 is 5.97 Å². The summed E-state index contributed by atoms with van der Waals surface area (Å²) in [4.78, 5) is 13.4. The molecule has 4 heteroatoms. The quantitative estimate of drug-likeness (QED) is 0.859. The Bertz CT molecular complexity index is 652. The Morgan fingerprint density at radius 1 is 1.16 bits per heavy atom. The molecule has 0 saturated carbocycles. The second-order valence-corrected chi connectivity index (χ2v) is 4.39. The van der Waals surface area contributed by atoms with Crippen molar-refractivity contribution in [1.82, 2.24) is 0 Å². The van der Waals surface area contributed by atoms with Gasteiger partial charge in [0.05, 0.1) is 28.3 Å². The van der Waals surface area contributed by atoms with Crippen molar-refractivity contribution >= 4 is 28.7 Å². The van der Waals surface area contributed by atoms with E-state index in [-0.39, 0.29) is 0 Å². The average molecular weight is 254 g/mol. The number of rotatable bonds is 2. The maximum atomic E-state index is 11.3. The first-order chi connectivity index (χ1) is 9.22. The maximum Gasteiger partial charge on any atom is 0.337 e. The Morgan fingerprint density at radius 2 is 1.89 bits per heavy atom. The van der Waals surface area contributed by atoms with Crippen molar-refractivity contribution < 1.29 is 9.90 Å². The van der Waals surface area contributed by atoms with Crippen LogP contribution < -0.4 is 10.2 Å². The van der Waals surface area contributed by atoms with Crippen LogP contribution >= 0.6 is 0 Å². The summed E-state index contributed by atoms with van der Waals surface area (Å²) in [6.07, 6.45) is 0. The second kappa shape index (κ2) is 4.31. The van der Waals surface area contributed by atoms with Crippen molar-refractivity contribution in [3.05, 3.63) is 48.0 Å². The van der Waals surface area contributed by atoms with Gasteiger partial charge < -0.3 is 15.3 Å². The molecule has 0 fully saturated rings. The van der Waals surface area contributed by atoms with Crippen molar-refractivity contribution in [1.29, 1.82) is 0 Å². The Kier molecular flexibility index (Phi) is 2.63. The molecule has 0 amide bonds. The lowest BCUT2D eigenvalue weighted by Gasteiger charge is -2.33. The second-order valence-electron chi connectivity index (χ2n) is 4.39. The zero-order chi connectivity index (χ0) is 13.4. The molecule has 0 saturated heterocycles. The Hall–Kier alpha value is -2.49. The lowest BCUT2D eigenvalue weighted by molar-refractivity contribution is 0.0698. The number of carbonyl (C=O) groups is 1. The number of benzene rings is 2. The zero-order valence-corrected chi connectivity index (χ0v) is 10.6. The summed E-state index contributed by atoms with van der Waals surface area (Å²) in [6, 6.07) is 13.2. The summed E-state index contributed by atoms with van der Waals surface area (Å²) in [7, 11) is 0. The van der Waals surface area contributed by atoms with Crippen molar-refractivity contribution in [3.63, 3.8) is 0 Å². The van der Waals surface area contributed by atoms with Gasteiger partial charge in [0, 0.05) is 6.54 Å². The number of hydrogen-bond donors (Lipinski definition) is 2. The molecule has 1 heterocycles. The van der Waals surface area contributed by atoms with Gasteiger partial charge in [-0.1, -0.05) is 18.2 Å². The molecular formula is C15H14N2O2. The van der Waals surface area contributed by atoms with E-state index in [0.29, 0.717) is 11.3 Å². The first-order valence-electron chi connectivity index (χ1n) is 6.22. The van der Waals surface area contributed by atoms with Crippen LogP contribution in [0.3, 0.4) is 0 Å². The Balaban J connectivity index is 2.23. The molecule has 0 aromatic heterocycles. The van der Waals surface area contributed by atoms with Gasteiger partial charge in [-0.25, -0.2) is 4.79 Å². The molecule has 0 unspecified atom stereocenters. The highest BCUT2D eigenvalue weighted by Gasteiger charge is 2.24. The van der Waals surface area contributed by atoms with E-state index in [9.17, 15) is 9.90 Å². The highest BCUT2D eigenvalue weighted by molar-refractivity contribution is 6.03. The molecule has 96 valence electrons. The lowest BCUT2D eigenvalue weighted by atomic mass is 10.1. The normalized spacial score (nSPS) is 12.4. The number of hydrogen-bond acceptors (Lipinski definition) is 3. The van der Waals surface area contributed by atoms with Gasteiger partial charge in [-0.15, -0.1) is 0 Å². The highest BCUT2D eigenvalue weighted by Crippen LogP contribution is 2.44. The number of carboxylic acid groups (broad SMARTS) is 1. The minimum absolute atomic E-state index is 0.297. The van der Waals surface area contributed by atoms with Crippen LogP contribution in [-0.4, -0.2) is 17.6 Å². The highest BCUT2D eigenvalue weighted by atomic mass is 16.4. The van der Waals surface area contributed by atoms with Gasteiger partial charge in [0.2, 0.25) is 0 Å². The Labute approximate surface area is 111 Å². The molecule has 0 bridgehead atoms. The summed E-state index contributed by atoms with van der Waals surface area (Å²) in [5.74, 6) is -0.917. The van der Waals surface area contributed by atoms with Gasteiger partial charge in [-0.3, -0.25) is 0 Å². The lowest BCUT2D eigenvalue weighted by Crippen LogP contribution is -2.23. The van der Waals surface area contributed by atoms with Crippen LogP contribution in [0.4, 0.5) is 22.7 Å². The van der Waals surface area contributed by atoms with Crippen molar-refractivity contribution in [2.45, 2.75) is 6.92 Å². The van der Waals surface area contributed by atoms with Crippen LogP contribution in [-0.2, 0) is 0 Å². The van der Waals surface area contributed by atoms with Crippen LogP contribution in [0.2, 0.25) is 0 Å². The molecule has 0 aliphatic carbocycles. The predicted molar refractivity (Wildman–Crippen MR) is 75.8 cm³/mol. The van der Waals surface area contributed by atoms with Gasteiger partial charge in [-0.2, -0.15) is 0 Å². The van der Waals surface area contributed by atoms with Crippen LogP contribution in [0.25, 0.3) is 0 Å². The number of carboxylic acids is 1. The number of para-hydroxylation sites is 3. The molecule has 0 spiro atoms. The minimum atomic E-state index is -0.917. The zero-order valence-electron chi connectivity index (χ0n) is 10.6. The van der Waals surface area contributed by atoms with Gasteiger partial charge in [0.25, 0.3) is 0 Å². The Morgan fingerprint density at radius 3 is 2.63 bits per heavy atom. The third-order valence-corrected chi connectivity index (χ3v) is 3.33. The maximum absolute atomic E-state index is 11.3. The molecule has 3 rings (SSSR count). The third kappa shape index (κ3) is 1.73. The minimum Gasteiger partial charge on any atom is -0.478 e. The third-order valence-electron chi connectivity index (χ3n) is 3.33. The van der Waals surface area contributed by atoms with E-state index in [1.54, 1.807) is 12.1 Å². The molecule has 2 aromatic carbocycles. The van der Waals surface area contributed by atoms with Crippen molar-refractivity contribution in [2.24, 2.45) is 0 Å². The summed E-state index contributed by atoms with van der Waals surface area (Å²) < 4.78 is 0. The molecule has 19 heavy (non-hydrogen) atoms. The molecule has 2 aromatic rings. The standard InChI is InChI=1S/C15H14N2O2/c1-2-17-12-8-4-3-7-11(12)16-14-10(15(18)19)6-5-9-13(14)17/h3-9,16H,2H2,1H3,(H,18,19). The predicted octanol–water partition coefficient (Wildman–Crippen LogP) is 3.60. The summed E-state index contributed by atoms with van der Waals surface area (Å²) in [5.41, 5.74) is 3.87. The number of aromatic carboxylic acids is 1. The molecule has 0 atom stereocenters. The van der Waals surface area contributed by atoms with Crippen LogP contribution in [0.1, 0.15) is 17.3 Å². The van der Waals surface area contributed by atoms with Crippen LogP contribution in [0.15, 0.2) is 42.5 Å². The number of nitrogens with zero attached hydrogens (tertiary/aromatic N) is 1. The fourth-order valence-corrected chi connectivity index (χ4v) is 2.49. The SMILES string of the molecule is CCN1c2ccccc2Nc2c(C(=O)O)cccc21. The van der Waals surface area contributed by atoms with Gasteiger partial charge in [-0.05, 0) is 31.2 Å². The first-order valence-corrected chi connectivity index (χ1v) is 6.22. The monoisotopic (exact) mass is 254 g/mol. The summed E-state index contributed by atoms with van der Waals surface area (Å²) >= 11 is 0. The van der Waals surface area contributed by atoms with E-state index in [2.05, 4.69) is 17.1 Å². The van der Waals surface area contributed by atoms with E-state index >= 15 is 0 Å². The fourth-order valence-electron chi connectivity index (χ4n) is 2.49. The summed E-state index contributed by atoms with van der Waals surface area (Å²) in [5, 5.41) is 12.5. The van der Waals surface area contributed by atoms with Gasteiger partial charge in [0.15, 0.2) is 0 Å². The van der Waals surface area contributed by atoms with Crippen molar-refractivity contribution in [3.8, 4) is 0 Å². The number of anilines is 4. The summed E-state index contributed by atoms with van der Waals surface area (Å²) in [6.45, 7) is 2.84. The molecular weight excluding hydrogens is 240 g/mol. The molecule has 2 N–H and O–H groups in total. The molecule has 0 radical (unpaired) electrons. The van der Waals surface area contributed by atoms with E-state index in [1.807, 2.05) is 30.3 Å². The number of nitrogens with one attached hydrogen (secondary N) is 1. The van der Waals surface area contributed by atoms with Gasteiger partial charge >= 0.3 is 5.97 Å². The topological polar surface area (TPSA) is 52.6 Å². The first kappa shape index (κ1) is 11.6. The fraction of sp³-hybridized carbons (Fsp3) is 0.133. The van der Waals surface area contributed by atoms with E-state index in [0.717, 1.165) is 23.6 Å². The van der Waals surface area contributed by atoms with E-state index in [1.165, 1.54) is 0 Å². The van der Waals surface area contributed by atoms with Crippen molar-refractivity contribution in [2.75, 3.05) is 16.8 Å². The molecule has 1 aliphatic heterocycles. The van der Waals surface area contributed by atoms with Crippen LogP contribution in [0.5, 0.6) is 0 Å². The van der Waals surface area contributed by atoms with Crippen LogP contribution in [0, 0.1) is 0 Å². The molecule has 1 aliphatic rings. The van der Waals surface area contributed by atoms with Gasteiger partial charge in [0.1, 0.15) is 0 Å². The van der Waals surface area contributed by atoms with E-state index in [4.69, 9.17) is 0 Å².